The maximum Gasteiger partial charge on any atom is 0.247 e. The average molecular weight is 397 g/mol. The molecule has 2 aliphatic heterocycles. The molecule has 4 rings (SSSR count). The fourth-order valence-corrected chi connectivity index (χ4v) is 5.06. The fraction of sp³-hybridized carbons (Fsp3) is 0.900. The topological polar surface area (TPSA) is 66.0 Å². The molecule has 3 fully saturated rings. The number of ether oxygens (including phenoxy) is 1. The van der Waals surface area contributed by atoms with E-state index >= 15 is 0 Å². The molecule has 6 nitrogen and oxygen atoms in total. The highest BCUT2D eigenvalue weighted by molar-refractivity contribution is 6.20. The van der Waals surface area contributed by atoms with E-state index < -0.39 is 0 Å². The number of carbonyl (C=O) groups is 1. The number of aliphatic imine (C=N–C) groups is 1. The zero-order valence-corrected chi connectivity index (χ0v) is 16.9. The molecule has 27 heavy (non-hydrogen) atoms. The van der Waals surface area contributed by atoms with E-state index in [4.69, 9.17) is 21.3 Å². The number of amidine groups is 1. The number of nitrogens with zero attached hydrogens (tertiary/aromatic N) is 2. The van der Waals surface area contributed by atoms with Gasteiger partial charge in [0.15, 0.2) is 6.29 Å². The Kier molecular flexibility index (Phi) is 6.56. The number of hydrogen-bond acceptors (Lipinski definition) is 5. The van der Waals surface area contributed by atoms with Gasteiger partial charge < -0.3 is 4.74 Å². The summed E-state index contributed by atoms with van der Waals surface area (Å²) >= 11 is 6.23. The van der Waals surface area contributed by atoms with Crippen LogP contribution in [-0.4, -0.2) is 47.7 Å². The third-order valence-electron chi connectivity index (χ3n) is 6.53. The highest BCUT2D eigenvalue weighted by Gasteiger charge is 2.38. The fourth-order valence-electron chi connectivity index (χ4n) is 4.81. The first-order valence-electron chi connectivity index (χ1n) is 10.9. The summed E-state index contributed by atoms with van der Waals surface area (Å²) in [7, 11) is 0. The highest BCUT2D eigenvalue weighted by atomic mass is 35.5. The van der Waals surface area contributed by atoms with E-state index in [1.165, 1.54) is 6.42 Å². The van der Waals surface area contributed by atoms with Crippen molar-refractivity contribution in [3.63, 3.8) is 0 Å². The molecule has 0 aromatic carbocycles. The van der Waals surface area contributed by atoms with Gasteiger partial charge in [-0.15, -0.1) is 11.6 Å². The second-order valence-corrected chi connectivity index (χ2v) is 9.19. The molecule has 4 aliphatic rings. The van der Waals surface area contributed by atoms with E-state index in [0.717, 1.165) is 83.2 Å². The highest BCUT2D eigenvalue weighted by Crippen LogP contribution is 2.29. The lowest BCUT2D eigenvalue weighted by Crippen LogP contribution is -2.54. The summed E-state index contributed by atoms with van der Waals surface area (Å²) in [4.78, 5) is 18.0. The Hall–Kier alpha value is -0.850. The smallest absolute Gasteiger partial charge is 0.247 e. The predicted octanol–water partition coefficient (Wildman–Crippen LogP) is 3.16. The molecule has 0 radical (unpaired) electrons. The Bertz CT molecular complexity index is 538. The van der Waals surface area contributed by atoms with Gasteiger partial charge in [-0.05, 0) is 57.3 Å². The minimum absolute atomic E-state index is 0.00476. The van der Waals surface area contributed by atoms with Crippen LogP contribution in [0.5, 0.6) is 0 Å². The molecule has 0 aromatic rings. The van der Waals surface area contributed by atoms with Gasteiger partial charge in [-0.3, -0.25) is 15.5 Å². The zero-order chi connectivity index (χ0) is 18.6. The molecule has 2 heterocycles. The van der Waals surface area contributed by atoms with Gasteiger partial charge in [-0.1, -0.05) is 19.3 Å². The molecule has 152 valence electrons. The maximum absolute atomic E-state index is 13.2. The van der Waals surface area contributed by atoms with Crippen LogP contribution in [0.4, 0.5) is 0 Å². The molecule has 1 saturated heterocycles. The van der Waals surface area contributed by atoms with Gasteiger partial charge >= 0.3 is 0 Å². The monoisotopic (exact) mass is 396 g/mol. The summed E-state index contributed by atoms with van der Waals surface area (Å²) < 4.78 is 5.79. The average Bonchev–Trinajstić information content (AvgIpc) is 3.37. The summed E-state index contributed by atoms with van der Waals surface area (Å²) in [6.07, 6.45) is 11.8. The lowest BCUT2D eigenvalue weighted by atomic mass is 9.88. The van der Waals surface area contributed by atoms with E-state index in [9.17, 15) is 4.79 Å². The Morgan fingerprint density at radius 1 is 1.11 bits per heavy atom. The standard InChI is InChI=1S/C20H33ClN4O2/c21-16-10-8-14(9-11-16)13-22-20-23-18(17-7-4-12-27-17)24-25(20)19(26)15-5-2-1-3-6-15/h14-17,20,22H,1-13H2,(H,23,24). The SMILES string of the molecule is O=C(C1CCCCC1)N1NC(C2CCCO2)=NC1NCC1CCC(Cl)CC1. The van der Waals surface area contributed by atoms with Gasteiger partial charge in [0.1, 0.15) is 11.9 Å². The van der Waals surface area contributed by atoms with Gasteiger partial charge in [0.05, 0.1) is 0 Å². The first-order chi connectivity index (χ1) is 13.2. The number of hydrazine groups is 1. The molecule has 7 heteroatoms. The molecule has 0 spiro atoms. The Morgan fingerprint density at radius 3 is 2.59 bits per heavy atom. The van der Waals surface area contributed by atoms with E-state index in [1.54, 1.807) is 5.01 Å². The third-order valence-corrected chi connectivity index (χ3v) is 6.97. The molecule has 0 aromatic heterocycles. The van der Waals surface area contributed by atoms with Gasteiger partial charge in [0.2, 0.25) is 5.91 Å². The van der Waals surface area contributed by atoms with Crippen molar-refractivity contribution in [1.82, 2.24) is 15.8 Å². The summed E-state index contributed by atoms with van der Waals surface area (Å²) in [6.45, 7) is 1.66. The minimum atomic E-state index is -0.313. The number of nitrogens with one attached hydrogen (secondary N) is 2. The lowest BCUT2D eigenvalue weighted by Gasteiger charge is -2.31. The van der Waals surface area contributed by atoms with Crippen LogP contribution in [0, 0.1) is 11.8 Å². The summed E-state index contributed by atoms with van der Waals surface area (Å²) in [5.74, 6) is 1.75. The van der Waals surface area contributed by atoms with Crippen LogP contribution in [0.1, 0.15) is 70.6 Å². The molecule has 1 amide bonds. The van der Waals surface area contributed by atoms with Crippen molar-refractivity contribution >= 4 is 23.3 Å². The molecule has 2 saturated carbocycles. The van der Waals surface area contributed by atoms with Crippen molar-refractivity contribution in [3.05, 3.63) is 0 Å². The van der Waals surface area contributed by atoms with Crippen molar-refractivity contribution in [3.8, 4) is 0 Å². The number of rotatable bonds is 5. The van der Waals surface area contributed by atoms with Crippen LogP contribution in [0.2, 0.25) is 0 Å². The molecular weight excluding hydrogens is 364 g/mol. The second-order valence-electron chi connectivity index (χ2n) is 8.57. The summed E-state index contributed by atoms with van der Waals surface area (Å²) in [5, 5.41) is 5.63. The Balaban J connectivity index is 1.39. The first-order valence-corrected chi connectivity index (χ1v) is 11.3. The summed E-state index contributed by atoms with van der Waals surface area (Å²) in [5.41, 5.74) is 3.30. The predicted molar refractivity (Wildman–Crippen MR) is 106 cm³/mol. The van der Waals surface area contributed by atoms with Crippen LogP contribution in [-0.2, 0) is 9.53 Å². The van der Waals surface area contributed by atoms with Crippen molar-refractivity contribution in [1.29, 1.82) is 0 Å². The lowest BCUT2D eigenvalue weighted by molar-refractivity contribution is -0.141. The van der Waals surface area contributed by atoms with Crippen molar-refractivity contribution in [2.45, 2.75) is 88.4 Å². The molecular formula is C20H33ClN4O2. The van der Waals surface area contributed by atoms with Crippen LogP contribution < -0.4 is 10.7 Å². The minimum Gasteiger partial charge on any atom is -0.370 e. The number of halogens is 1. The number of amides is 1. The van der Waals surface area contributed by atoms with Crippen molar-refractivity contribution in [2.75, 3.05) is 13.2 Å². The Labute approximate surface area is 167 Å². The van der Waals surface area contributed by atoms with Crippen molar-refractivity contribution < 1.29 is 9.53 Å². The first kappa shape index (κ1) is 19.5. The molecule has 2 N–H and O–H groups in total. The van der Waals surface area contributed by atoms with Gasteiger partial charge in [0.25, 0.3) is 0 Å². The Morgan fingerprint density at radius 2 is 1.89 bits per heavy atom. The zero-order valence-electron chi connectivity index (χ0n) is 16.2. The number of hydrogen-bond donors (Lipinski definition) is 2. The van der Waals surface area contributed by atoms with Crippen LogP contribution in [0.25, 0.3) is 0 Å². The van der Waals surface area contributed by atoms with Gasteiger partial charge in [0, 0.05) is 24.4 Å². The van der Waals surface area contributed by atoms with Gasteiger partial charge in [-0.25, -0.2) is 10.0 Å². The molecule has 0 bridgehead atoms. The maximum atomic E-state index is 13.2. The number of carbonyl (C=O) groups excluding carboxylic acids is 1. The van der Waals surface area contributed by atoms with Crippen LogP contribution >= 0.6 is 11.6 Å². The van der Waals surface area contributed by atoms with Gasteiger partial charge in [-0.2, -0.15) is 0 Å². The quantitative estimate of drug-likeness (QED) is 0.700. The van der Waals surface area contributed by atoms with Crippen molar-refractivity contribution in [2.24, 2.45) is 16.8 Å². The van der Waals surface area contributed by atoms with Crippen LogP contribution in [0.3, 0.4) is 0 Å². The largest absolute Gasteiger partial charge is 0.370 e. The molecule has 2 aliphatic carbocycles. The van der Waals surface area contributed by atoms with E-state index in [-0.39, 0.29) is 24.2 Å². The molecule has 2 unspecified atom stereocenters. The molecule has 2 atom stereocenters. The normalized spacial score (nSPS) is 35.1. The second kappa shape index (κ2) is 9.10. The third kappa shape index (κ3) is 4.77. The summed E-state index contributed by atoms with van der Waals surface area (Å²) in [6, 6.07) is 0. The van der Waals surface area contributed by atoms with E-state index in [1.807, 2.05) is 0 Å². The van der Waals surface area contributed by atoms with Crippen LogP contribution in [0.15, 0.2) is 4.99 Å². The van der Waals surface area contributed by atoms with E-state index in [2.05, 4.69) is 10.7 Å². The number of alkyl halides is 1. The van der Waals surface area contributed by atoms with E-state index in [0.29, 0.717) is 11.3 Å².